The molecule has 0 saturated heterocycles. The van der Waals surface area contributed by atoms with E-state index >= 15 is 0 Å². The Labute approximate surface area is 187 Å². The van der Waals surface area contributed by atoms with E-state index in [2.05, 4.69) is 10.4 Å². The van der Waals surface area contributed by atoms with E-state index in [1.54, 1.807) is 9.58 Å². The lowest BCUT2D eigenvalue weighted by atomic mass is 10.0. The van der Waals surface area contributed by atoms with Crippen molar-refractivity contribution in [1.82, 2.24) is 14.7 Å². The Bertz CT molecular complexity index is 1240. The number of anilines is 1. The van der Waals surface area contributed by atoms with Gasteiger partial charge in [0.1, 0.15) is 11.4 Å². The number of benzene rings is 3. The Morgan fingerprint density at radius 2 is 1.59 bits per heavy atom. The highest BCUT2D eigenvalue weighted by Crippen LogP contribution is 2.24. The van der Waals surface area contributed by atoms with Crippen LogP contribution < -0.4 is 5.32 Å². The lowest BCUT2D eigenvalue weighted by Gasteiger charge is -2.19. The first-order chi connectivity index (χ1) is 15.6. The van der Waals surface area contributed by atoms with Gasteiger partial charge in [-0.2, -0.15) is 5.10 Å². The SMILES string of the molecule is CCN(CC)C(=O)c1cnn(-c2ccccc2)c1NC(=O)Cc1cccc2ccccc12. The molecule has 2 amide bonds. The smallest absolute Gasteiger partial charge is 0.259 e. The minimum absolute atomic E-state index is 0.155. The maximum atomic E-state index is 13.1. The monoisotopic (exact) mass is 426 g/mol. The van der Waals surface area contributed by atoms with Crippen LogP contribution in [0.1, 0.15) is 29.8 Å². The molecule has 0 radical (unpaired) electrons. The van der Waals surface area contributed by atoms with Crippen molar-refractivity contribution in [2.75, 3.05) is 18.4 Å². The fourth-order valence-corrected chi connectivity index (χ4v) is 3.87. The van der Waals surface area contributed by atoms with E-state index in [0.717, 1.165) is 22.0 Å². The van der Waals surface area contributed by atoms with E-state index in [9.17, 15) is 9.59 Å². The van der Waals surface area contributed by atoms with Crippen molar-refractivity contribution in [2.24, 2.45) is 0 Å². The summed E-state index contributed by atoms with van der Waals surface area (Å²) in [6.07, 6.45) is 1.72. The molecule has 1 heterocycles. The van der Waals surface area contributed by atoms with Gasteiger partial charge in [-0.3, -0.25) is 9.59 Å². The third-order valence-corrected chi connectivity index (χ3v) is 5.54. The highest BCUT2D eigenvalue weighted by atomic mass is 16.2. The molecule has 0 spiro atoms. The van der Waals surface area contributed by atoms with E-state index in [1.807, 2.05) is 86.6 Å². The van der Waals surface area contributed by atoms with Gasteiger partial charge in [-0.1, -0.05) is 60.7 Å². The number of carbonyl (C=O) groups excluding carboxylic acids is 2. The van der Waals surface area contributed by atoms with Crippen LogP contribution >= 0.6 is 0 Å². The normalized spacial score (nSPS) is 10.8. The van der Waals surface area contributed by atoms with Crippen LogP contribution in [0.2, 0.25) is 0 Å². The van der Waals surface area contributed by atoms with Crippen molar-refractivity contribution in [3.05, 3.63) is 90.1 Å². The van der Waals surface area contributed by atoms with Crippen molar-refractivity contribution in [3.8, 4) is 5.69 Å². The number of nitrogens with one attached hydrogen (secondary N) is 1. The molecule has 162 valence electrons. The minimum Gasteiger partial charge on any atom is -0.339 e. The number of rotatable bonds is 7. The number of para-hydroxylation sites is 1. The maximum Gasteiger partial charge on any atom is 0.259 e. The van der Waals surface area contributed by atoms with Crippen LogP contribution in [0.15, 0.2) is 79.0 Å². The van der Waals surface area contributed by atoms with Crippen molar-refractivity contribution < 1.29 is 9.59 Å². The predicted molar refractivity (Wildman–Crippen MR) is 127 cm³/mol. The van der Waals surface area contributed by atoms with Gasteiger partial charge in [0, 0.05) is 13.1 Å². The molecule has 0 aliphatic rings. The van der Waals surface area contributed by atoms with Gasteiger partial charge in [-0.05, 0) is 42.3 Å². The highest BCUT2D eigenvalue weighted by Gasteiger charge is 2.23. The predicted octanol–water partition coefficient (Wildman–Crippen LogP) is 4.69. The van der Waals surface area contributed by atoms with Gasteiger partial charge in [-0.15, -0.1) is 0 Å². The first-order valence-corrected chi connectivity index (χ1v) is 10.8. The zero-order chi connectivity index (χ0) is 22.5. The summed E-state index contributed by atoms with van der Waals surface area (Å²) < 4.78 is 1.61. The molecule has 4 aromatic rings. The van der Waals surface area contributed by atoms with Gasteiger partial charge < -0.3 is 10.2 Å². The quantitative estimate of drug-likeness (QED) is 0.466. The van der Waals surface area contributed by atoms with Gasteiger partial charge in [0.15, 0.2) is 0 Å². The molecule has 0 aliphatic carbocycles. The number of amides is 2. The molecule has 0 fully saturated rings. The second-order valence-electron chi connectivity index (χ2n) is 7.49. The molecule has 32 heavy (non-hydrogen) atoms. The fourth-order valence-electron chi connectivity index (χ4n) is 3.87. The zero-order valence-electron chi connectivity index (χ0n) is 18.3. The average molecular weight is 427 g/mol. The van der Waals surface area contributed by atoms with E-state index in [-0.39, 0.29) is 18.2 Å². The van der Waals surface area contributed by atoms with Gasteiger partial charge >= 0.3 is 0 Å². The first kappa shape index (κ1) is 21.3. The molecular weight excluding hydrogens is 400 g/mol. The number of carbonyl (C=O) groups is 2. The molecule has 6 heteroatoms. The summed E-state index contributed by atoms with van der Waals surface area (Å²) in [4.78, 5) is 27.9. The Balaban J connectivity index is 1.68. The fraction of sp³-hybridized carbons (Fsp3) is 0.192. The lowest BCUT2D eigenvalue weighted by Crippen LogP contribution is -2.31. The largest absolute Gasteiger partial charge is 0.339 e. The molecule has 4 rings (SSSR count). The molecule has 0 saturated carbocycles. The van der Waals surface area contributed by atoms with Crippen LogP contribution in [0.3, 0.4) is 0 Å². The summed E-state index contributed by atoms with van der Waals surface area (Å²) in [7, 11) is 0. The van der Waals surface area contributed by atoms with Gasteiger partial charge in [0.2, 0.25) is 5.91 Å². The summed E-state index contributed by atoms with van der Waals surface area (Å²) in [5.74, 6) is 0.0311. The Hall–Kier alpha value is -3.93. The van der Waals surface area contributed by atoms with Crippen LogP contribution in [-0.2, 0) is 11.2 Å². The Morgan fingerprint density at radius 3 is 2.34 bits per heavy atom. The van der Waals surface area contributed by atoms with Crippen molar-refractivity contribution >= 4 is 28.4 Å². The first-order valence-electron chi connectivity index (χ1n) is 10.8. The molecule has 0 aliphatic heterocycles. The van der Waals surface area contributed by atoms with E-state index < -0.39 is 0 Å². The maximum absolute atomic E-state index is 13.1. The van der Waals surface area contributed by atoms with Gasteiger partial charge in [-0.25, -0.2) is 4.68 Å². The third kappa shape index (κ3) is 4.25. The van der Waals surface area contributed by atoms with Crippen LogP contribution in [0, 0.1) is 0 Å². The average Bonchev–Trinajstić information content (AvgIpc) is 3.24. The van der Waals surface area contributed by atoms with Gasteiger partial charge in [0.05, 0.1) is 18.3 Å². The number of fused-ring (bicyclic) bond motifs is 1. The Morgan fingerprint density at radius 1 is 0.906 bits per heavy atom. The number of hydrogen-bond donors (Lipinski definition) is 1. The molecule has 1 N–H and O–H groups in total. The van der Waals surface area contributed by atoms with Crippen LogP contribution in [-0.4, -0.2) is 39.6 Å². The molecule has 1 aromatic heterocycles. The number of hydrogen-bond acceptors (Lipinski definition) is 3. The minimum atomic E-state index is -0.201. The number of aromatic nitrogens is 2. The zero-order valence-corrected chi connectivity index (χ0v) is 18.3. The van der Waals surface area contributed by atoms with Crippen LogP contribution in [0.4, 0.5) is 5.82 Å². The van der Waals surface area contributed by atoms with Crippen LogP contribution in [0.25, 0.3) is 16.5 Å². The summed E-state index contributed by atoms with van der Waals surface area (Å²) >= 11 is 0. The van der Waals surface area contributed by atoms with Crippen molar-refractivity contribution in [1.29, 1.82) is 0 Å². The highest BCUT2D eigenvalue weighted by molar-refractivity contribution is 6.04. The standard InChI is InChI=1S/C26H26N4O2/c1-3-29(4-2)26(32)23-18-27-30(21-14-6-5-7-15-21)25(23)28-24(31)17-20-13-10-12-19-11-8-9-16-22(19)20/h5-16,18H,3-4,17H2,1-2H3,(H,28,31). The second kappa shape index (κ2) is 9.47. The van der Waals surface area contributed by atoms with E-state index in [4.69, 9.17) is 0 Å². The molecule has 0 bridgehead atoms. The second-order valence-corrected chi connectivity index (χ2v) is 7.49. The summed E-state index contributed by atoms with van der Waals surface area (Å²) in [5.41, 5.74) is 2.08. The Kier molecular flexibility index (Phi) is 6.31. The van der Waals surface area contributed by atoms with Crippen LogP contribution in [0.5, 0.6) is 0 Å². The third-order valence-electron chi connectivity index (χ3n) is 5.54. The molecule has 3 aromatic carbocycles. The number of nitrogens with zero attached hydrogens (tertiary/aromatic N) is 3. The van der Waals surface area contributed by atoms with E-state index in [1.165, 1.54) is 6.20 Å². The van der Waals surface area contributed by atoms with Gasteiger partial charge in [0.25, 0.3) is 5.91 Å². The summed E-state index contributed by atoms with van der Waals surface area (Å²) in [6, 6.07) is 23.4. The molecule has 0 atom stereocenters. The van der Waals surface area contributed by atoms with E-state index in [0.29, 0.717) is 24.5 Å². The molecule has 0 unspecified atom stereocenters. The lowest BCUT2D eigenvalue weighted by molar-refractivity contribution is -0.115. The topological polar surface area (TPSA) is 67.2 Å². The molecular formula is C26H26N4O2. The van der Waals surface area contributed by atoms with Crippen molar-refractivity contribution in [2.45, 2.75) is 20.3 Å². The van der Waals surface area contributed by atoms with Crippen molar-refractivity contribution in [3.63, 3.8) is 0 Å². The molecule has 6 nitrogen and oxygen atoms in total. The summed E-state index contributed by atoms with van der Waals surface area (Å²) in [6.45, 7) is 5.02. The summed E-state index contributed by atoms with van der Waals surface area (Å²) in [5, 5.41) is 9.52.